The van der Waals surface area contributed by atoms with Gasteiger partial charge in [-0.15, -0.1) is 6.58 Å². The molecule has 0 aliphatic heterocycles. The van der Waals surface area contributed by atoms with Gasteiger partial charge in [0.25, 0.3) is 0 Å². The Morgan fingerprint density at radius 2 is 2.50 bits per heavy atom. The van der Waals surface area contributed by atoms with E-state index in [9.17, 15) is 0 Å². The fourth-order valence-corrected chi connectivity index (χ4v) is 2.45. The van der Waals surface area contributed by atoms with Gasteiger partial charge in [0.05, 0.1) is 0 Å². The van der Waals surface area contributed by atoms with Crippen LogP contribution in [0.15, 0.2) is 24.8 Å². The van der Waals surface area contributed by atoms with Crippen LogP contribution in [-0.2, 0) is 0 Å². The van der Waals surface area contributed by atoms with E-state index >= 15 is 0 Å². The van der Waals surface area contributed by atoms with Gasteiger partial charge in [0.1, 0.15) is 0 Å². The predicted molar refractivity (Wildman–Crippen MR) is 43.7 cm³/mol. The first-order chi connectivity index (χ1) is 4.74. The number of hydrogen-bond donors (Lipinski definition) is 0. The molecule has 1 saturated carbocycles. The van der Waals surface area contributed by atoms with E-state index in [4.69, 9.17) is 0 Å². The van der Waals surface area contributed by atoms with Crippen molar-refractivity contribution in [2.75, 3.05) is 0 Å². The Hall–Kier alpha value is -0.520. The van der Waals surface area contributed by atoms with Crippen molar-refractivity contribution in [2.45, 2.75) is 19.8 Å². The molecule has 1 fully saturated rings. The van der Waals surface area contributed by atoms with E-state index < -0.39 is 0 Å². The largest absolute Gasteiger partial charge is 0.103 e. The summed E-state index contributed by atoms with van der Waals surface area (Å²) in [4.78, 5) is 0. The van der Waals surface area contributed by atoms with Crippen LogP contribution in [0.4, 0.5) is 0 Å². The zero-order valence-electron chi connectivity index (χ0n) is 6.51. The minimum atomic E-state index is 0.479. The lowest BCUT2D eigenvalue weighted by atomic mass is 9.80. The van der Waals surface area contributed by atoms with E-state index in [1.165, 1.54) is 12.8 Å². The molecule has 2 rings (SSSR count). The van der Waals surface area contributed by atoms with E-state index in [-0.39, 0.29) is 0 Å². The van der Waals surface area contributed by atoms with Crippen LogP contribution in [0.1, 0.15) is 19.8 Å². The average Bonchev–Trinajstić information content (AvgIpc) is 2.41. The summed E-state index contributed by atoms with van der Waals surface area (Å²) in [5.41, 5.74) is 0.479. The molecule has 0 nitrogen and oxygen atoms in total. The van der Waals surface area contributed by atoms with E-state index in [1.54, 1.807) is 0 Å². The molecule has 0 radical (unpaired) electrons. The van der Waals surface area contributed by atoms with Gasteiger partial charge in [0, 0.05) is 0 Å². The smallest absolute Gasteiger partial charge is 0.00780 e. The maximum Gasteiger partial charge on any atom is -0.00780 e. The molecule has 0 aromatic rings. The van der Waals surface area contributed by atoms with Gasteiger partial charge < -0.3 is 0 Å². The van der Waals surface area contributed by atoms with Crippen molar-refractivity contribution < 1.29 is 0 Å². The molecule has 0 unspecified atom stereocenters. The minimum absolute atomic E-state index is 0.479. The van der Waals surface area contributed by atoms with Gasteiger partial charge in [-0.1, -0.05) is 25.2 Å². The highest BCUT2D eigenvalue weighted by atomic mass is 14.5. The number of allylic oxidation sites excluding steroid dienone is 3. The quantitative estimate of drug-likeness (QED) is 0.484. The van der Waals surface area contributed by atoms with Crippen LogP contribution in [0.2, 0.25) is 0 Å². The molecule has 0 heterocycles. The molecular formula is C10H14. The van der Waals surface area contributed by atoms with Crippen molar-refractivity contribution in [1.82, 2.24) is 0 Å². The molecule has 0 saturated heterocycles. The van der Waals surface area contributed by atoms with Crippen molar-refractivity contribution >= 4 is 0 Å². The zero-order chi connectivity index (χ0) is 7.19. The van der Waals surface area contributed by atoms with E-state index in [0.717, 1.165) is 11.8 Å². The van der Waals surface area contributed by atoms with Gasteiger partial charge in [-0.3, -0.25) is 0 Å². The average molecular weight is 134 g/mol. The van der Waals surface area contributed by atoms with Crippen molar-refractivity contribution in [3.63, 3.8) is 0 Å². The van der Waals surface area contributed by atoms with Gasteiger partial charge in [0.2, 0.25) is 0 Å². The highest BCUT2D eigenvalue weighted by molar-refractivity contribution is 5.19. The zero-order valence-corrected chi connectivity index (χ0v) is 6.51. The number of rotatable bonds is 1. The number of fused-ring (bicyclic) bond motifs is 2. The molecule has 0 aromatic heterocycles. The Labute approximate surface area is 62.6 Å². The molecule has 0 spiro atoms. The number of hydrogen-bond acceptors (Lipinski definition) is 0. The van der Waals surface area contributed by atoms with Crippen molar-refractivity contribution in [1.29, 1.82) is 0 Å². The molecule has 0 heteroatoms. The van der Waals surface area contributed by atoms with Crippen molar-refractivity contribution in [3.8, 4) is 0 Å². The summed E-state index contributed by atoms with van der Waals surface area (Å²) in [6.45, 7) is 6.22. The third-order valence-corrected chi connectivity index (χ3v) is 3.14. The molecule has 10 heavy (non-hydrogen) atoms. The standard InChI is InChI=1S/C10H14/c1-3-9-6-8-4-5-10(9,2)7-8/h3-5,8-9H,1,6-7H2,2H3/t8-,9-,10-/m0/s1. The van der Waals surface area contributed by atoms with Gasteiger partial charge in [-0.2, -0.15) is 0 Å². The summed E-state index contributed by atoms with van der Waals surface area (Å²) in [6, 6.07) is 0. The molecule has 2 bridgehead atoms. The highest BCUT2D eigenvalue weighted by Crippen LogP contribution is 2.53. The van der Waals surface area contributed by atoms with Crippen LogP contribution in [0.3, 0.4) is 0 Å². The second-order valence-electron chi connectivity index (χ2n) is 3.91. The van der Waals surface area contributed by atoms with Crippen LogP contribution < -0.4 is 0 Å². The minimum Gasteiger partial charge on any atom is -0.103 e. The van der Waals surface area contributed by atoms with Gasteiger partial charge in [-0.05, 0) is 30.1 Å². The molecular weight excluding hydrogens is 120 g/mol. The first kappa shape index (κ1) is 6.21. The first-order valence-electron chi connectivity index (χ1n) is 4.06. The predicted octanol–water partition coefficient (Wildman–Crippen LogP) is 2.77. The van der Waals surface area contributed by atoms with Crippen LogP contribution >= 0.6 is 0 Å². The summed E-state index contributed by atoms with van der Waals surface area (Å²) in [7, 11) is 0. The SMILES string of the molecule is C=C[C@H]1C[C@@H]2C=C[C@@]1(C)C2. The van der Waals surface area contributed by atoms with Crippen LogP contribution in [0, 0.1) is 17.3 Å². The summed E-state index contributed by atoms with van der Waals surface area (Å²) in [5.74, 6) is 1.62. The summed E-state index contributed by atoms with van der Waals surface area (Å²) in [5, 5.41) is 0. The van der Waals surface area contributed by atoms with E-state index in [1.807, 2.05) is 0 Å². The summed E-state index contributed by atoms with van der Waals surface area (Å²) < 4.78 is 0. The second kappa shape index (κ2) is 1.75. The van der Waals surface area contributed by atoms with Gasteiger partial charge in [0.15, 0.2) is 0 Å². The molecule has 2 aliphatic carbocycles. The lowest BCUT2D eigenvalue weighted by Crippen LogP contribution is -2.15. The lowest BCUT2D eigenvalue weighted by Gasteiger charge is -2.24. The van der Waals surface area contributed by atoms with Gasteiger partial charge in [-0.25, -0.2) is 0 Å². The summed E-state index contributed by atoms with van der Waals surface area (Å²) in [6.07, 6.45) is 9.59. The highest BCUT2D eigenvalue weighted by Gasteiger charge is 2.43. The molecule has 0 amide bonds. The topological polar surface area (TPSA) is 0 Å². The Morgan fingerprint density at radius 3 is 2.80 bits per heavy atom. The Morgan fingerprint density at radius 1 is 1.70 bits per heavy atom. The van der Waals surface area contributed by atoms with Crippen LogP contribution in [0.25, 0.3) is 0 Å². The maximum absolute atomic E-state index is 3.87. The molecule has 2 aliphatic rings. The third kappa shape index (κ3) is 0.622. The van der Waals surface area contributed by atoms with Crippen molar-refractivity contribution in [3.05, 3.63) is 24.8 Å². The molecule has 54 valence electrons. The maximum atomic E-state index is 3.87. The lowest BCUT2D eigenvalue weighted by molar-refractivity contribution is 0.369. The Kier molecular flexibility index (Phi) is 1.08. The third-order valence-electron chi connectivity index (χ3n) is 3.14. The Balaban J connectivity index is 2.31. The normalized spacial score (nSPS) is 50.1. The van der Waals surface area contributed by atoms with Crippen molar-refractivity contribution in [2.24, 2.45) is 17.3 Å². The van der Waals surface area contributed by atoms with Crippen LogP contribution in [0.5, 0.6) is 0 Å². The van der Waals surface area contributed by atoms with E-state index in [0.29, 0.717) is 5.41 Å². The summed E-state index contributed by atoms with van der Waals surface area (Å²) >= 11 is 0. The fraction of sp³-hybridized carbons (Fsp3) is 0.600. The monoisotopic (exact) mass is 134 g/mol. The first-order valence-corrected chi connectivity index (χ1v) is 4.06. The van der Waals surface area contributed by atoms with E-state index in [2.05, 4.69) is 31.7 Å². The fourth-order valence-electron chi connectivity index (χ4n) is 2.45. The Bertz CT molecular complexity index is 190. The van der Waals surface area contributed by atoms with Crippen LogP contribution in [-0.4, -0.2) is 0 Å². The second-order valence-corrected chi connectivity index (χ2v) is 3.91. The molecule has 0 aromatic carbocycles. The van der Waals surface area contributed by atoms with Gasteiger partial charge >= 0.3 is 0 Å². The molecule has 3 atom stereocenters. The molecule has 0 N–H and O–H groups in total.